The second-order valence-corrected chi connectivity index (χ2v) is 9.20. The second kappa shape index (κ2) is 6.05. The van der Waals surface area contributed by atoms with E-state index in [2.05, 4.69) is 5.32 Å². The molecule has 2 aliphatic heterocycles. The lowest BCUT2D eigenvalue weighted by Gasteiger charge is -2.31. The molecule has 2 saturated heterocycles. The zero-order chi connectivity index (χ0) is 16.7. The Morgan fingerprint density at radius 3 is 2.43 bits per heavy atom. The Kier molecular flexibility index (Phi) is 4.39. The minimum atomic E-state index is -3.09. The predicted molar refractivity (Wildman–Crippen MR) is 83.6 cm³/mol. The van der Waals surface area contributed by atoms with Crippen molar-refractivity contribution in [3.05, 3.63) is 0 Å². The van der Waals surface area contributed by atoms with E-state index in [0.717, 1.165) is 25.7 Å². The molecule has 3 amide bonds. The molecule has 3 aliphatic rings. The number of ether oxygens (including phenoxy) is 1. The SMILES string of the molecule is COC(CN1C(=O)NC2(CCS(=O)(=O)CC2)C1=O)C1CCCC1. The predicted octanol–water partition coefficient (Wildman–Crippen LogP) is 0.691. The molecule has 1 saturated carbocycles. The third kappa shape index (κ3) is 3.10. The summed E-state index contributed by atoms with van der Waals surface area (Å²) in [6, 6.07) is -0.422. The number of carbonyl (C=O) groups excluding carboxylic acids is 2. The van der Waals surface area contributed by atoms with Crippen LogP contribution in [-0.2, 0) is 19.4 Å². The summed E-state index contributed by atoms with van der Waals surface area (Å²) >= 11 is 0. The van der Waals surface area contributed by atoms with Gasteiger partial charge in [0, 0.05) is 7.11 Å². The molecule has 7 nitrogen and oxygen atoms in total. The van der Waals surface area contributed by atoms with Gasteiger partial charge in [0.2, 0.25) is 0 Å². The van der Waals surface area contributed by atoms with Crippen LogP contribution in [0.1, 0.15) is 38.5 Å². The monoisotopic (exact) mass is 344 g/mol. The molecule has 1 aliphatic carbocycles. The highest BCUT2D eigenvalue weighted by atomic mass is 32.2. The highest BCUT2D eigenvalue weighted by molar-refractivity contribution is 7.91. The van der Waals surface area contributed by atoms with E-state index in [1.165, 1.54) is 4.90 Å². The fourth-order valence-electron chi connectivity index (χ4n) is 3.99. The Morgan fingerprint density at radius 1 is 1.26 bits per heavy atom. The summed E-state index contributed by atoms with van der Waals surface area (Å²) in [5, 5.41) is 2.74. The van der Waals surface area contributed by atoms with Crippen molar-refractivity contribution in [2.75, 3.05) is 25.2 Å². The molecule has 1 unspecified atom stereocenters. The molecule has 0 radical (unpaired) electrons. The molecule has 2 heterocycles. The highest BCUT2D eigenvalue weighted by Crippen LogP contribution is 2.33. The molecule has 0 aromatic rings. The molecule has 0 aromatic heterocycles. The quantitative estimate of drug-likeness (QED) is 0.758. The summed E-state index contributed by atoms with van der Waals surface area (Å²) in [4.78, 5) is 26.3. The number of hydrogen-bond acceptors (Lipinski definition) is 5. The largest absolute Gasteiger partial charge is 0.379 e. The van der Waals surface area contributed by atoms with Gasteiger partial charge in [0.05, 0.1) is 24.2 Å². The number of nitrogens with zero attached hydrogens (tertiary/aromatic N) is 1. The van der Waals surface area contributed by atoms with E-state index < -0.39 is 21.4 Å². The van der Waals surface area contributed by atoms with Gasteiger partial charge >= 0.3 is 6.03 Å². The number of hydrogen-bond donors (Lipinski definition) is 1. The molecule has 23 heavy (non-hydrogen) atoms. The number of imide groups is 1. The van der Waals surface area contributed by atoms with Crippen molar-refractivity contribution >= 4 is 21.8 Å². The zero-order valence-corrected chi connectivity index (χ0v) is 14.2. The number of carbonyl (C=O) groups is 2. The van der Waals surface area contributed by atoms with Gasteiger partial charge in [0.1, 0.15) is 5.54 Å². The van der Waals surface area contributed by atoms with Crippen molar-refractivity contribution in [2.45, 2.75) is 50.2 Å². The van der Waals surface area contributed by atoms with E-state index in [-0.39, 0.29) is 42.9 Å². The van der Waals surface area contributed by atoms with Crippen LogP contribution >= 0.6 is 0 Å². The summed E-state index contributed by atoms with van der Waals surface area (Å²) in [7, 11) is -1.48. The minimum absolute atomic E-state index is 0.0524. The first kappa shape index (κ1) is 16.7. The lowest BCUT2D eigenvalue weighted by atomic mass is 9.92. The van der Waals surface area contributed by atoms with Crippen molar-refractivity contribution in [3.8, 4) is 0 Å². The lowest BCUT2D eigenvalue weighted by Crippen LogP contribution is -2.52. The van der Waals surface area contributed by atoms with Crippen LogP contribution in [0.2, 0.25) is 0 Å². The number of methoxy groups -OCH3 is 1. The Labute approximate surface area is 136 Å². The fourth-order valence-corrected chi connectivity index (χ4v) is 5.52. The molecule has 1 N–H and O–H groups in total. The average molecular weight is 344 g/mol. The molecule has 3 fully saturated rings. The molecule has 130 valence electrons. The topological polar surface area (TPSA) is 92.8 Å². The van der Waals surface area contributed by atoms with Gasteiger partial charge in [-0.15, -0.1) is 0 Å². The van der Waals surface area contributed by atoms with E-state index in [1.54, 1.807) is 7.11 Å². The van der Waals surface area contributed by atoms with Crippen LogP contribution in [0, 0.1) is 5.92 Å². The molecule has 3 rings (SSSR count). The first-order chi connectivity index (χ1) is 10.9. The van der Waals surface area contributed by atoms with Crippen molar-refractivity contribution in [1.82, 2.24) is 10.2 Å². The van der Waals surface area contributed by atoms with Crippen LogP contribution in [0.15, 0.2) is 0 Å². The van der Waals surface area contributed by atoms with E-state index in [1.807, 2.05) is 0 Å². The maximum atomic E-state index is 12.8. The van der Waals surface area contributed by atoms with Crippen LogP contribution in [-0.4, -0.2) is 62.1 Å². The average Bonchev–Trinajstić information content (AvgIpc) is 3.10. The molecule has 0 bridgehead atoms. The number of nitrogens with one attached hydrogen (secondary N) is 1. The van der Waals surface area contributed by atoms with Gasteiger partial charge in [-0.25, -0.2) is 13.2 Å². The zero-order valence-electron chi connectivity index (χ0n) is 13.4. The summed E-state index contributed by atoms with van der Waals surface area (Å²) in [5.74, 6) is -0.0202. The number of sulfone groups is 1. The second-order valence-electron chi connectivity index (χ2n) is 6.90. The third-order valence-electron chi connectivity index (χ3n) is 5.52. The molecule has 0 aromatic carbocycles. The Hall–Kier alpha value is -1.15. The first-order valence-corrected chi connectivity index (χ1v) is 10.1. The van der Waals surface area contributed by atoms with Crippen molar-refractivity contribution in [1.29, 1.82) is 0 Å². The minimum Gasteiger partial charge on any atom is -0.379 e. The summed E-state index contributed by atoms with van der Waals surface area (Å²) in [6.07, 6.45) is 4.63. The van der Waals surface area contributed by atoms with Crippen LogP contribution in [0.5, 0.6) is 0 Å². The molecule has 1 spiro atoms. The van der Waals surface area contributed by atoms with Gasteiger partial charge in [0.15, 0.2) is 9.84 Å². The van der Waals surface area contributed by atoms with Gasteiger partial charge in [-0.05, 0) is 31.6 Å². The van der Waals surface area contributed by atoms with Gasteiger partial charge in [-0.3, -0.25) is 9.69 Å². The molecule has 8 heteroatoms. The van der Waals surface area contributed by atoms with E-state index in [9.17, 15) is 18.0 Å². The number of rotatable bonds is 4. The van der Waals surface area contributed by atoms with Crippen LogP contribution in [0.4, 0.5) is 4.79 Å². The van der Waals surface area contributed by atoms with Crippen molar-refractivity contribution < 1.29 is 22.7 Å². The summed E-state index contributed by atoms with van der Waals surface area (Å²) in [6.45, 7) is 0.250. The third-order valence-corrected chi connectivity index (χ3v) is 7.17. The lowest BCUT2D eigenvalue weighted by molar-refractivity contribution is -0.133. The van der Waals surface area contributed by atoms with Crippen LogP contribution < -0.4 is 5.32 Å². The standard InChI is InChI=1S/C15H24N2O5S/c1-22-12(11-4-2-3-5-11)10-17-13(18)15(16-14(17)19)6-8-23(20,21)9-7-15/h11-12H,2-10H2,1H3,(H,16,19). The maximum absolute atomic E-state index is 12.8. The van der Waals surface area contributed by atoms with E-state index in [4.69, 9.17) is 4.74 Å². The van der Waals surface area contributed by atoms with E-state index >= 15 is 0 Å². The molecular weight excluding hydrogens is 320 g/mol. The van der Waals surface area contributed by atoms with Gasteiger partial charge in [-0.2, -0.15) is 0 Å². The van der Waals surface area contributed by atoms with Crippen molar-refractivity contribution in [2.24, 2.45) is 5.92 Å². The number of amides is 3. The van der Waals surface area contributed by atoms with E-state index in [0.29, 0.717) is 5.92 Å². The Balaban J connectivity index is 1.71. The van der Waals surface area contributed by atoms with Crippen LogP contribution in [0.25, 0.3) is 0 Å². The first-order valence-electron chi connectivity index (χ1n) is 8.24. The normalized spacial score (nSPS) is 28.3. The summed E-state index contributed by atoms with van der Waals surface area (Å²) in [5.41, 5.74) is -1.03. The molecule has 1 atom stereocenters. The maximum Gasteiger partial charge on any atom is 0.325 e. The Morgan fingerprint density at radius 2 is 1.87 bits per heavy atom. The molecular formula is C15H24N2O5S. The summed E-state index contributed by atoms with van der Waals surface area (Å²) < 4.78 is 28.7. The smallest absolute Gasteiger partial charge is 0.325 e. The van der Waals surface area contributed by atoms with Crippen molar-refractivity contribution in [3.63, 3.8) is 0 Å². The van der Waals surface area contributed by atoms with Gasteiger partial charge in [-0.1, -0.05) is 12.8 Å². The number of urea groups is 1. The fraction of sp³-hybridized carbons (Fsp3) is 0.867. The van der Waals surface area contributed by atoms with Gasteiger partial charge < -0.3 is 10.1 Å². The Bertz CT molecular complexity index is 583. The highest BCUT2D eigenvalue weighted by Gasteiger charge is 2.54. The van der Waals surface area contributed by atoms with Gasteiger partial charge in [0.25, 0.3) is 5.91 Å². The van der Waals surface area contributed by atoms with Crippen LogP contribution in [0.3, 0.4) is 0 Å².